The van der Waals surface area contributed by atoms with Gasteiger partial charge in [0.25, 0.3) is 0 Å². The fourth-order valence-corrected chi connectivity index (χ4v) is 2.97. The minimum atomic E-state index is 0.105. The first-order valence-electron chi connectivity index (χ1n) is 6.50. The molecule has 3 nitrogen and oxygen atoms in total. The van der Waals surface area contributed by atoms with Gasteiger partial charge in [0.15, 0.2) is 5.43 Å². The predicted molar refractivity (Wildman–Crippen MR) is 80.0 cm³/mol. The van der Waals surface area contributed by atoms with E-state index in [2.05, 4.69) is 43.4 Å². The first kappa shape index (κ1) is 12.0. The average Bonchev–Trinajstić information content (AvgIpc) is 2.55. The molecule has 0 fully saturated rings. The summed E-state index contributed by atoms with van der Waals surface area (Å²) in [5.74, 6) is 0. The van der Waals surface area contributed by atoms with Crippen LogP contribution in [0.4, 0.5) is 0 Å². The fraction of sp³-hybridized carbons (Fsp3) is 0.312. The summed E-state index contributed by atoms with van der Waals surface area (Å²) >= 11 is 0. The summed E-state index contributed by atoms with van der Waals surface area (Å²) in [4.78, 5) is 15.7. The lowest BCUT2D eigenvalue weighted by molar-refractivity contribution is 0.910. The van der Waals surface area contributed by atoms with E-state index in [0.29, 0.717) is 0 Å². The standard InChI is InChI=1S/C16H18N2O/c1-8-6-12-14(10(3)11(4)18(12)5)15-13(19)7-9(2)17-16(8)15/h6-7H,1-5H3,(H,17,19). The van der Waals surface area contributed by atoms with Crippen LogP contribution in [0.3, 0.4) is 0 Å². The molecule has 0 atom stereocenters. The van der Waals surface area contributed by atoms with E-state index < -0.39 is 0 Å². The van der Waals surface area contributed by atoms with Crippen LogP contribution in [0.25, 0.3) is 21.8 Å². The molecule has 0 aliphatic carbocycles. The molecule has 0 aliphatic rings. The molecule has 19 heavy (non-hydrogen) atoms. The van der Waals surface area contributed by atoms with Gasteiger partial charge in [-0.05, 0) is 44.9 Å². The van der Waals surface area contributed by atoms with Crippen LogP contribution in [0.5, 0.6) is 0 Å². The van der Waals surface area contributed by atoms with Crippen LogP contribution in [0.1, 0.15) is 22.5 Å². The highest BCUT2D eigenvalue weighted by Gasteiger charge is 2.15. The lowest BCUT2D eigenvalue weighted by atomic mass is 10.0. The number of fused-ring (bicyclic) bond motifs is 3. The van der Waals surface area contributed by atoms with Crippen LogP contribution in [-0.4, -0.2) is 9.55 Å². The summed E-state index contributed by atoms with van der Waals surface area (Å²) in [6, 6.07) is 3.84. The van der Waals surface area contributed by atoms with Gasteiger partial charge < -0.3 is 9.55 Å². The number of pyridine rings is 1. The highest BCUT2D eigenvalue weighted by molar-refractivity contribution is 6.08. The van der Waals surface area contributed by atoms with Crippen molar-refractivity contribution in [1.29, 1.82) is 0 Å². The third-order valence-electron chi connectivity index (χ3n) is 4.20. The van der Waals surface area contributed by atoms with Crippen molar-refractivity contribution in [2.75, 3.05) is 0 Å². The second kappa shape index (κ2) is 3.73. The van der Waals surface area contributed by atoms with Gasteiger partial charge in [0.1, 0.15) is 0 Å². The van der Waals surface area contributed by atoms with Crippen molar-refractivity contribution < 1.29 is 0 Å². The van der Waals surface area contributed by atoms with E-state index in [1.165, 1.54) is 11.3 Å². The van der Waals surface area contributed by atoms with Crippen molar-refractivity contribution in [3.05, 3.63) is 44.9 Å². The van der Waals surface area contributed by atoms with Crippen LogP contribution in [0.2, 0.25) is 0 Å². The number of benzene rings is 1. The van der Waals surface area contributed by atoms with Crippen LogP contribution in [0.15, 0.2) is 16.9 Å². The number of hydrogen-bond donors (Lipinski definition) is 1. The highest BCUT2D eigenvalue weighted by atomic mass is 16.1. The molecule has 3 aromatic rings. The Labute approximate surface area is 111 Å². The Balaban J connectivity index is 2.75. The Morgan fingerprint density at radius 3 is 2.42 bits per heavy atom. The molecule has 0 aliphatic heterocycles. The molecule has 0 saturated heterocycles. The fourth-order valence-electron chi connectivity index (χ4n) is 2.97. The van der Waals surface area contributed by atoms with Gasteiger partial charge in [-0.1, -0.05) is 0 Å². The second-order valence-corrected chi connectivity index (χ2v) is 5.42. The Kier molecular flexibility index (Phi) is 2.36. The molecule has 0 unspecified atom stereocenters. The molecule has 2 aromatic heterocycles. The van der Waals surface area contributed by atoms with Gasteiger partial charge in [0.2, 0.25) is 0 Å². The largest absolute Gasteiger partial charge is 0.358 e. The number of nitrogens with zero attached hydrogens (tertiary/aromatic N) is 1. The number of rotatable bonds is 0. The van der Waals surface area contributed by atoms with Gasteiger partial charge in [-0.3, -0.25) is 4.79 Å². The van der Waals surface area contributed by atoms with E-state index in [0.717, 1.165) is 33.1 Å². The number of aromatic amines is 1. The Bertz CT molecular complexity index is 882. The molecule has 98 valence electrons. The molecule has 0 amide bonds. The number of H-pyrrole nitrogens is 1. The van der Waals surface area contributed by atoms with E-state index >= 15 is 0 Å². The minimum Gasteiger partial charge on any atom is -0.358 e. The van der Waals surface area contributed by atoms with E-state index in [1.807, 2.05) is 6.92 Å². The molecular formula is C16H18N2O. The predicted octanol–water partition coefficient (Wildman–Crippen LogP) is 3.25. The van der Waals surface area contributed by atoms with Crippen LogP contribution in [-0.2, 0) is 7.05 Å². The van der Waals surface area contributed by atoms with E-state index in [9.17, 15) is 4.79 Å². The van der Waals surface area contributed by atoms with Crippen molar-refractivity contribution in [2.24, 2.45) is 7.05 Å². The molecule has 0 bridgehead atoms. The zero-order valence-electron chi connectivity index (χ0n) is 12.0. The third-order valence-corrected chi connectivity index (χ3v) is 4.20. The van der Waals surface area contributed by atoms with Crippen LogP contribution < -0.4 is 5.43 Å². The summed E-state index contributed by atoms with van der Waals surface area (Å²) in [5.41, 5.74) is 6.63. The summed E-state index contributed by atoms with van der Waals surface area (Å²) in [6.45, 7) is 8.16. The van der Waals surface area contributed by atoms with Crippen LogP contribution in [0, 0.1) is 27.7 Å². The smallest absolute Gasteiger partial charge is 0.190 e. The Morgan fingerprint density at radius 2 is 1.74 bits per heavy atom. The van der Waals surface area contributed by atoms with Gasteiger partial charge in [-0.25, -0.2) is 0 Å². The average molecular weight is 254 g/mol. The Hall–Kier alpha value is -2.03. The monoisotopic (exact) mass is 254 g/mol. The van der Waals surface area contributed by atoms with E-state index in [-0.39, 0.29) is 5.43 Å². The topological polar surface area (TPSA) is 37.8 Å². The number of nitrogens with one attached hydrogen (secondary N) is 1. The van der Waals surface area contributed by atoms with Crippen LogP contribution >= 0.6 is 0 Å². The third kappa shape index (κ3) is 1.47. The molecule has 0 spiro atoms. The zero-order valence-corrected chi connectivity index (χ0v) is 12.0. The molecule has 1 aromatic carbocycles. The first-order chi connectivity index (χ1) is 8.91. The molecule has 3 heteroatoms. The van der Waals surface area contributed by atoms with Crippen molar-refractivity contribution in [2.45, 2.75) is 27.7 Å². The summed E-state index contributed by atoms with van der Waals surface area (Å²) in [5, 5.41) is 1.91. The van der Waals surface area contributed by atoms with Gasteiger partial charge in [-0.15, -0.1) is 0 Å². The van der Waals surface area contributed by atoms with Crippen molar-refractivity contribution in [1.82, 2.24) is 9.55 Å². The first-order valence-corrected chi connectivity index (χ1v) is 6.50. The summed E-state index contributed by atoms with van der Waals surface area (Å²) < 4.78 is 2.16. The minimum absolute atomic E-state index is 0.105. The van der Waals surface area contributed by atoms with Gasteiger partial charge in [-0.2, -0.15) is 0 Å². The molecule has 0 saturated carbocycles. The lowest BCUT2D eigenvalue weighted by Gasteiger charge is -2.07. The molecular weight excluding hydrogens is 236 g/mol. The quantitative estimate of drug-likeness (QED) is 0.657. The molecule has 1 N–H and O–H groups in total. The molecule has 2 heterocycles. The number of hydrogen-bond acceptors (Lipinski definition) is 1. The molecule has 3 rings (SSSR count). The van der Waals surface area contributed by atoms with E-state index in [4.69, 9.17) is 0 Å². The van der Waals surface area contributed by atoms with Gasteiger partial charge in [0.05, 0.1) is 10.9 Å². The van der Waals surface area contributed by atoms with Gasteiger partial charge in [0, 0.05) is 35.4 Å². The lowest BCUT2D eigenvalue weighted by Crippen LogP contribution is -2.05. The van der Waals surface area contributed by atoms with Crippen molar-refractivity contribution in [3.8, 4) is 0 Å². The zero-order chi connectivity index (χ0) is 13.9. The maximum absolute atomic E-state index is 12.4. The summed E-state index contributed by atoms with van der Waals surface area (Å²) in [7, 11) is 2.05. The molecule has 0 radical (unpaired) electrons. The highest BCUT2D eigenvalue weighted by Crippen LogP contribution is 2.31. The Morgan fingerprint density at radius 1 is 1.05 bits per heavy atom. The van der Waals surface area contributed by atoms with Crippen molar-refractivity contribution >= 4 is 21.8 Å². The maximum atomic E-state index is 12.4. The number of aryl methyl sites for hydroxylation is 4. The van der Waals surface area contributed by atoms with E-state index in [1.54, 1.807) is 6.07 Å². The van der Waals surface area contributed by atoms with Gasteiger partial charge >= 0.3 is 0 Å². The maximum Gasteiger partial charge on any atom is 0.190 e. The van der Waals surface area contributed by atoms with Crippen molar-refractivity contribution in [3.63, 3.8) is 0 Å². The summed E-state index contributed by atoms with van der Waals surface area (Å²) in [6.07, 6.45) is 0. The SMILES string of the molecule is Cc1cc(=O)c2c([nH]1)c(C)cc1c2c(C)c(C)n1C. The number of aromatic nitrogens is 2. The second-order valence-electron chi connectivity index (χ2n) is 5.42. The normalized spacial score (nSPS) is 11.6.